The van der Waals surface area contributed by atoms with Gasteiger partial charge in [-0.05, 0) is 40.0 Å². The molecule has 0 amide bonds. The summed E-state index contributed by atoms with van der Waals surface area (Å²) in [5.74, 6) is 0.259. The van der Waals surface area contributed by atoms with E-state index in [9.17, 15) is 0 Å². The summed E-state index contributed by atoms with van der Waals surface area (Å²) in [7, 11) is 0. The van der Waals surface area contributed by atoms with Gasteiger partial charge in [0.25, 0.3) is 0 Å². The second-order valence-electron chi connectivity index (χ2n) is 7.97. The van der Waals surface area contributed by atoms with Crippen molar-refractivity contribution in [1.82, 2.24) is 10.3 Å². The lowest BCUT2D eigenvalue weighted by Gasteiger charge is -2.14. The SMILES string of the molecule is CCC(/C=C\C(=C/N)c1ccc(-c2ccc(C3NC=CO3)nc2)c2ccccc12)CO/C=C\N. The fourth-order valence-corrected chi connectivity index (χ4v) is 3.98. The fraction of sp³-hybridized carbons (Fsp3) is 0.179. The van der Waals surface area contributed by atoms with Crippen molar-refractivity contribution in [1.29, 1.82) is 0 Å². The zero-order valence-corrected chi connectivity index (χ0v) is 19.2. The van der Waals surface area contributed by atoms with E-state index in [1.54, 1.807) is 18.7 Å². The number of rotatable bonds is 9. The number of nitrogens with two attached hydrogens (primary N) is 2. The number of benzene rings is 2. The van der Waals surface area contributed by atoms with Crippen LogP contribution in [-0.2, 0) is 9.47 Å². The molecular formula is C28H30N4O2. The summed E-state index contributed by atoms with van der Waals surface area (Å²) in [6.07, 6.45) is 14.8. The first-order valence-corrected chi connectivity index (χ1v) is 11.4. The molecule has 2 aromatic carbocycles. The lowest BCUT2D eigenvalue weighted by atomic mass is 9.92. The lowest BCUT2D eigenvalue weighted by molar-refractivity contribution is 0.150. The van der Waals surface area contributed by atoms with Gasteiger partial charge in [0, 0.05) is 36.3 Å². The van der Waals surface area contributed by atoms with Gasteiger partial charge in [0.1, 0.15) is 12.0 Å². The molecule has 0 bridgehead atoms. The Labute approximate surface area is 200 Å². The number of nitrogens with one attached hydrogen (secondary N) is 1. The molecule has 2 atom stereocenters. The average molecular weight is 455 g/mol. The van der Waals surface area contributed by atoms with Crippen molar-refractivity contribution >= 4 is 16.3 Å². The molecule has 0 saturated heterocycles. The normalized spacial score (nSPS) is 16.7. The Bertz CT molecular complexity index is 1220. The van der Waals surface area contributed by atoms with Gasteiger partial charge in [-0.1, -0.05) is 61.5 Å². The summed E-state index contributed by atoms with van der Waals surface area (Å²) < 4.78 is 10.9. The highest BCUT2D eigenvalue weighted by molar-refractivity contribution is 6.03. The van der Waals surface area contributed by atoms with Gasteiger partial charge in [-0.2, -0.15) is 0 Å². The number of nitrogens with zero attached hydrogens (tertiary/aromatic N) is 1. The smallest absolute Gasteiger partial charge is 0.212 e. The van der Waals surface area contributed by atoms with Crippen molar-refractivity contribution in [2.24, 2.45) is 17.4 Å². The van der Waals surface area contributed by atoms with Crippen LogP contribution in [0, 0.1) is 5.92 Å². The topological polar surface area (TPSA) is 95.4 Å². The highest BCUT2D eigenvalue weighted by atomic mass is 16.5. The predicted octanol–water partition coefficient (Wildman–Crippen LogP) is 5.32. The van der Waals surface area contributed by atoms with Gasteiger partial charge >= 0.3 is 0 Å². The van der Waals surface area contributed by atoms with Crippen LogP contribution in [0.25, 0.3) is 27.5 Å². The Balaban J connectivity index is 1.64. The van der Waals surface area contributed by atoms with Crippen molar-refractivity contribution in [3.05, 3.63) is 109 Å². The summed E-state index contributed by atoms with van der Waals surface area (Å²) in [5, 5.41) is 5.39. The standard InChI is InChI=1S/C28H30N4O2/c1-2-20(19-33-15-13-29)7-8-21(17-30)23-10-11-24(26-6-4-3-5-25(23)26)22-9-12-27(32-18-22)28-31-14-16-34-28/h3-18,20,28,31H,2,19,29-30H2,1H3/b8-7-,15-13-,21-17+. The Hall–Kier alpha value is -4.19. The Morgan fingerprint density at radius 3 is 2.68 bits per heavy atom. The molecule has 0 aliphatic carbocycles. The summed E-state index contributed by atoms with van der Waals surface area (Å²) in [4.78, 5) is 4.61. The van der Waals surface area contributed by atoms with E-state index in [-0.39, 0.29) is 12.1 Å². The first-order chi connectivity index (χ1) is 16.7. The molecule has 5 N–H and O–H groups in total. The lowest BCUT2D eigenvalue weighted by Crippen LogP contribution is -2.12. The minimum Gasteiger partial charge on any atom is -0.499 e. The molecule has 6 heteroatoms. The number of fused-ring (bicyclic) bond motifs is 1. The average Bonchev–Trinajstić information content (AvgIpc) is 3.43. The fourth-order valence-electron chi connectivity index (χ4n) is 3.98. The summed E-state index contributed by atoms with van der Waals surface area (Å²) in [6.45, 7) is 2.70. The van der Waals surface area contributed by atoms with Crippen LogP contribution >= 0.6 is 0 Å². The van der Waals surface area contributed by atoms with Crippen molar-refractivity contribution < 1.29 is 9.47 Å². The Morgan fingerprint density at radius 1 is 1.15 bits per heavy atom. The van der Waals surface area contributed by atoms with Gasteiger partial charge in [-0.25, -0.2) is 0 Å². The molecule has 4 rings (SSSR count). The Kier molecular flexibility index (Phi) is 7.50. The first kappa shape index (κ1) is 23.0. The number of ether oxygens (including phenoxy) is 2. The van der Waals surface area contributed by atoms with Gasteiger partial charge in [-0.3, -0.25) is 4.98 Å². The maximum absolute atomic E-state index is 6.07. The van der Waals surface area contributed by atoms with Crippen molar-refractivity contribution in [2.75, 3.05) is 6.61 Å². The third kappa shape index (κ3) is 5.07. The van der Waals surface area contributed by atoms with Crippen LogP contribution in [0.2, 0.25) is 0 Å². The van der Waals surface area contributed by atoms with E-state index in [1.807, 2.05) is 18.3 Å². The quantitative estimate of drug-likeness (QED) is 0.299. The molecule has 34 heavy (non-hydrogen) atoms. The van der Waals surface area contributed by atoms with Crippen molar-refractivity contribution in [3.8, 4) is 11.1 Å². The maximum atomic E-state index is 6.07. The zero-order valence-electron chi connectivity index (χ0n) is 19.2. The van der Waals surface area contributed by atoms with E-state index >= 15 is 0 Å². The molecular weight excluding hydrogens is 424 g/mol. The van der Waals surface area contributed by atoms with Crippen LogP contribution in [0.3, 0.4) is 0 Å². The van der Waals surface area contributed by atoms with Gasteiger partial charge in [-0.15, -0.1) is 0 Å². The zero-order chi connectivity index (χ0) is 23.8. The highest BCUT2D eigenvalue weighted by Crippen LogP contribution is 2.34. The van der Waals surface area contributed by atoms with Gasteiger partial charge in [0.05, 0.1) is 12.9 Å². The van der Waals surface area contributed by atoms with E-state index in [4.69, 9.17) is 20.9 Å². The minimum atomic E-state index is -0.235. The summed E-state index contributed by atoms with van der Waals surface area (Å²) in [6, 6.07) is 16.7. The number of pyridine rings is 1. The highest BCUT2D eigenvalue weighted by Gasteiger charge is 2.15. The summed E-state index contributed by atoms with van der Waals surface area (Å²) in [5.41, 5.74) is 16.5. The van der Waals surface area contributed by atoms with Crippen LogP contribution in [0.4, 0.5) is 0 Å². The largest absolute Gasteiger partial charge is 0.499 e. The molecule has 174 valence electrons. The van der Waals surface area contributed by atoms with Crippen LogP contribution in [0.15, 0.2) is 98.0 Å². The van der Waals surface area contributed by atoms with E-state index in [1.165, 1.54) is 12.5 Å². The maximum Gasteiger partial charge on any atom is 0.212 e. The molecule has 0 spiro atoms. The second kappa shape index (κ2) is 11.1. The van der Waals surface area contributed by atoms with Crippen LogP contribution in [0.5, 0.6) is 0 Å². The Morgan fingerprint density at radius 2 is 2.00 bits per heavy atom. The van der Waals surface area contributed by atoms with E-state index in [0.717, 1.165) is 45.2 Å². The minimum absolute atomic E-state index is 0.235. The number of hydrogen-bond acceptors (Lipinski definition) is 6. The molecule has 1 aliphatic heterocycles. The first-order valence-electron chi connectivity index (χ1n) is 11.4. The monoisotopic (exact) mass is 454 g/mol. The predicted molar refractivity (Wildman–Crippen MR) is 138 cm³/mol. The molecule has 6 nitrogen and oxygen atoms in total. The van der Waals surface area contributed by atoms with Gasteiger partial charge in [0.2, 0.25) is 6.23 Å². The number of hydrogen-bond donors (Lipinski definition) is 3. The molecule has 0 fully saturated rings. The molecule has 2 unspecified atom stereocenters. The third-order valence-corrected chi connectivity index (χ3v) is 5.87. The van der Waals surface area contributed by atoms with Gasteiger partial charge in [0.15, 0.2) is 0 Å². The molecule has 1 aliphatic rings. The van der Waals surface area contributed by atoms with E-state index in [0.29, 0.717) is 6.61 Å². The molecule has 0 saturated carbocycles. The third-order valence-electron chi connectivity index (χ3n) is 5.87. The van der Waals surface area contributed by atoms with Crippen LogP contribution in [0.1, 0.15) is 30.8 Å². The van der Waals surface area contributed by atoms with E-state index in [2.05, 4.69) is 65.8 Å². The van der Waals surface area contributed by atoms with E-state index < -0.39 is 0 Å². The van der Waals surface area contributed by atoms with Gasteiger partial charge < -0.3 is 26.3 Å². The molecule has 0 radical (unpaired) electrons. The van der Waals surface area contributed by atoms with Crippen molar-refractivity contribution in [3.63, 3.8) is 0 Å². The van der Waals surface area contributed by atoms with Crippen molar-refractivity contribution in [2.45, 2.75) is 19.6 Å². The molecule has 2 heterocycles. The molecule has 3 aromatic rings. The van der Waals surface area contributed by atoms with Crippen LogP contribution in [-0.4, -0.2) is 11.6 Å². The molecule has 1 aromatic heterocycles. The number of aromatic nitrogens is 1. The van der Waals surface area contributed by atoms with Crippen LogP contribution < -0.4 is 16.8 Å². The summed E-state index contributed by atoms with van der Waals surface area (Å²) >= 11 is 0. The number of allylic oxidation sites excluding steroid dienone is 2. The second-order valence-corrected chi connectivity index (χ2v) is 7.97.